The van der Waals surface area contributed by atoms with Crippen molar-refractivity contribution >= 4 is 46.5 Å². The summed E-state index contributed by atoms with van der Waals surface area (Å²) in [5.74, 6) is -0.983. The molecule has 1 heterocycles. The minimum absolute atomic E-state index is 0.154. The van der Waals surface area contributed by atoms with Gasteiger partial charge in [-0.25, -0.2) is 0 Å². The molecule has 2 aromatic carbocycles. The Hall–Kier alpha value is -3.59. The molecule has 8 nitrogen and oxygen atoms in total. The summed E-state index contributed by atoms with van der Waals surface area (Å²) in [6.45, 7) is 4.77. The normalized spacial score (nSPS) is 14.7. The summed E-state index contributed by atoms with van der Waals surface area (Å²) in [6.07, 6.45) is 1.23. The number of ether oxygens (including phenoxy) is 2. The highest BCUT2D eigenvalue weighted by Crippen LogP contribution is 2.32. The quantitative estimate of drug-likeness (QED) is 0.461. The zero-order valence-corrected chi connectivity index (χ0v) is 19.3. The number of amides is 3. The molecule has 0 unspecified atom stereocenters. The highest BCUT2D eigenvalue weighted by atomic mass is 32.2. The van der Waals surface area contributed by atoms with Crippen molar-refractivity contribution in [2.45, 2.75) is 26.9 Å². The fraction of sp³-hybridized carbons (Fsp3) is 0.250. The molecule has 1 fully saturated rings. The van der Waals surface area contributed by atoms with Crippen molar-refractivity contribution in [2.75, 3.05) is 18.5 Å². The first kappa shape index (κ1) is 24.1. The summed E-state index contributed by atoms with van der Waals surface area (Å²) in [7, 11) is 0. The lowest BCUT2D eigenvalue weighted by atomic mass is 10.2. The zero-order chi connectivity index (χ0) is 24.0. The van der Waals surface area contributed by atoms with Crippen LogP contribution < -0.4 is 10.1 Å². The zero-order valence-electron chi connectivity index (χ0n) is 18.5. The SMILES string of the molecule is Cc1ccc(NC(=O)COc2ccc(/C=C3/SC(=O)N(CC(=O)OC(C)C)C3=O)cc2)cc1. The predicted molar refractivity (Wildman–Crippen MR) is 126 cm³/mol. The van der Waals surface area contributed by atoms with Gasteiger partial charge in [-0.2, -0.15) is 0 Å². The van der Waals surface area contributed by atoms with Crippen LogP contribution in [0.15, 0.2) is 53.4 Å². The molecule has 0 bridgehead atoms. The molecule has 1 saturated heterocycles. The molecule has 0 radical (unpaired) electrons. The molecule has 0 saturated carbocycles. The van der Waals surface area contributed by atoms with Gasteiger partial charge in [-0.05, 0) is 68.4 Å². The van der Waals surface area contributed by atoms with E-state index in [1.54, 1.807) is 44.2 Å². The van der Waals surface area contributed by atoms with Crippen molar-refractivity contribution in [3.8, 4) is 5.75 Å². The van der Waals surface area contributed by atoms with Crippen LogP contribution in [0.4, 0.5) is 10.5 Å². The van der Waals surface area contributed by atoms with Crippen LogP contribution in [0.5, 0.6) is 5.75 Å². The summed E-state index contributed by atoms with van der Waals surface area (Å²) in [5.41, 5.74) is 2.46. The summed E-state index contributed by atoms with van der Waals surface area (Å²) < 4.78 is 10.5. The molecule has 9 heteroatoms. The molecule has 172 valence electrons. The monoisotopic (exact) mass is 468 g/mol. The van der Waals surface area contributed by atoms with E-state index in [1.165, 1.54) is 0 Å². The number of nitrogens with zero attached hydrogens (tertiary/aromatic N) is 1. The van der Waals surface area contributed by atoms with Gasteiger partial charge in [0.2, 0.25) is 0 Å². The number of rotatable bonds is 8. The molecule has 0 aliphatic carbocycles. The van der Waals surface area contributed by atoms with Crippen LogP contribution in [0.25, 0.3) is 6.08 Å². The Morgan fingerprint density at radius 2 is 1.73 bits per heavy atom. The molecular formula is C24H24N2O6S. The van der Waals surface area contributed by atoms with E-state index in [0.717, 1.165) is 22.2 Å². The Morgan fingerprint density at radius 3 is 2.36 bits per heavy atom. The molecule has 0 spiro atoms. The summed E-state index contributed by atoms with van der Waals surface area (Å²) >= 11 is 0.764. The molecule has 1 aliphatic heterocycles. The number of aryl methyl sites for hydroxylation is 1. The van der Waals surface area contributed by atoms with Gasteiger partial charge in [0.1, 0.15) is 12.3 Å². The number of esters is 1. The Bertz CT molecular complexity index is 1080. The highest BCUT2D eigenvalue weighted by Gasteiger charge is 2.36. The van der Waals surface area contributed by atoms with E-state index in [2.05, 4.69) is 5.32 Å². The van der Waals surface area contributed by atoms with Crippen LogP contribution in [0.2, 0.25) is 0 Å². The first-order valence-corrected chi connectivity index (χ1v) is 11.1. The number of nitrogens with one attached hydrogen (secondary N) is 1. The lowest BCUT2D eigenvalue weighted by molar-refractivity contribution is -0.149. The van der Waals surface area contributed by atoms with Gasteiger partial charge < -0.3 is 14.8 Å². The molecule has 1 N–H and O–H groups in total. The third kappa shape index (κ3) is 6.95. The third-order valence-electron chi connectivity index (χ3n) is 4.41. The number of anilines is 1. The maximum atomic E-state index is 12.5. The molecular weight excluding hydrogens is 444 g/mol. The van der Waals surface area contributed by atoms with Gasteiger partial charge in [0.05, 0.1) is 11.0 Å². The Kier molecular flexibility index (Phi) is 7.89. The van der Waals surface area contributed by atoms with Crippen molar-refractivity contribution < 1.29 is 28.7 Å². The van der Waals surface area contributed by atoms with Crippen LogP contribution in [0.3, 0.4) is 0 Å². The van der Waals surface area contributed by atoms with E-state index in [1.807, 2.05) is 31.2 Å². The van der Waals surface area contributed by atoms with Crippen molar-refractivity contribution in [1.29, 1.82) is 0 Å². The van der Waals surface area contributed by atoms with Gasteiger partial charge in [0.25, 0.3) is 17.1 Å². The van der Waals surface area contributed by atoms with E-state index < -0.39 is 23.7 Å². The van der Waals surface area contributed by atoms with E-state index in [4.69, 9.17) is 9.47 Å². The number of hydrogen-bond acceptors (Lipinski definition) is 7. The second kappa shape index (κ2) is 10.8. The standard InChI is InChI=1S/C24H24N2O6S/c1-15(2)32-22(28)13-26-23(29)20(33-24(26)30)12-17-6-10-19(11-7-17)31-14-21(27)25-18-8-4-16(3)5-9-18/h4-12,15H,13-14H2,1-3H3,(H,25,27)/b20-12+. The van der Waals surface area contributed by atoms with Gasteiger partial charge in [-0.15, -0.1) is 0 Å². The van der Waals surface area contributed by atoms with Crippen LogP contribution in [-0.2, 0) is 19.1 Å². The summed E-state index contributed by atoms with van der Waals surface area (Å²) in [4.78, 5) is 49.5. The van der Waals surface area contributed by atoms with Crippen molar-refractivity contribution in [2.24, 2.45) is 0 Å². The number of thioether (sulfide) groups is 1. The van der Waals surface area contributed by atoms with Crippen molar-refractivity contribution in [3.05, 3.63) is 64.6 Å². The molecule has 1 aliphatic rings. The Balaban J connectivity index is 1.54. The molecule has 2 aromatic rings. The molecule has 0 aromatic heterocycles. The first-order chi connectivity index (χ1) is 15.7. The van der Waals surface area contributed by atoms with E-state index in [0.29, 0.717) is 17.0 Å². The van der Waals surface area contributed by atoms with Crippen LogP contribution in [-0.4, -0.2) is 47.2 Å². The average molecular weight is 469 g/mol. The predicted octanol–water partition coefficient (Wildman–Crippen LogP) is 4.00. The highest BCUT2D eigenvalue weighted by molar-refractivity contribution is 8.18. The lowest BCUT2D eigenvalue weighted by Crippen LogP contribution is -2.35. The van der Waals surface area contributed by atoms with Crippen LogP contribution in [0.1, 0.15) is 25.0 Å². The van der Waals surface area contributed by atoms with Gasteiger partial charge >= 0.3 is 5.97 Å². The molecule has 3 rings (SSSR count). The topological polar surface area (TPSA) is 102 Å². The maximum Gasteiger partial charge on any atom is 0.326 e. The van der Waals surface area contributed by atoms with Crippen LogP contribution in [0, 0.1) is 6.92 Å². The van der Waals surface area contributed by atoms with Gasteiger partial charge in [0.15, 0.2) is 6.61 Å². The number of carbonyl (C=O) groups excluding carboxylic acids is 4. The minimum Gasteiger partial charge on any atom is -0.484 e. The van der Waals surface area contributed by atoms with Crippen molar-refractivity contribution in [3.63, 3.8) is 0 Å². The minimum atomic E-state index is -0.638. The molecule has 3 amide bonds. The number of imide groups is 1. The summed E-state index contributed by atoms with van der Waals surface area (Å²) in [5, 5.41) is 2.23. The fourth-order valence-electron chi connectivity index (χ4n) is 2.86. The molecule has 0 atom stereocenters. The van der Waals surface area contributed by atoms with Crippen LogP contribution >= 0.6 is 11.8 Å². The van der Waals surface area contributed by atoms with Gasteiger partial charge in [-0.3, -0.25) is 24.1 Å². The Labute approximate surface area is 195 Å². The summed E-state index contributed by atoms with van der Waals surface area (Å²) in [6, 6.07) is 14.2. The smallest absolute Gasteiger partial charge is 0.326 e. The van der Waals surface area contributed by atoms with E-state index in [9.17, 15) is 19.2 Å². The number of carbonyl (C=O) groups is 4. The van der Waals surface area contributed by atoms with E-state index >= 15 is 0 Å². The van der Waals surface area contributed by atoms with Gasteiger partial charge in [-0.1, -0.05) is 29.8 Å². The first-order valence-electron chi connectivity index (χ1n) is 10.3. The second-order valence-electron chi connectivity index (χ2n) is 7.58. The van der Waals surface area contributed by atoms with Crippen molar-refractivity contribution in [1.82, 2.24) is 4.90 Å². The maximum absolute atomic E-state index is 12.5. The molecule has 33 heavy (non-hydrogen) atoms. The lowest BCUT2D eigenvalue weighted by Gasteiger charge is -2.13. The number of benzene rings is 2. The van der Waals surface area contributed by atoms with Gasteiger partial charge in [0, 0.05) is 5.69 Å². The van der Waals surface area contributed by atoms with E-state index in [-0.39, 0.29) is 23.5 Å². The average Bonchev–Trinajstić information content (AvgIpc) is 3.01. The third-order valence-corrected chi connectivity index (χ3v) is 5.32. The number of hydrogen-bond donors (Lipinski definition) is 1. The second-order valence-corrected chi connectivity index (χ2v) is 8.57. The fourth-order valence-corrected chi connectivity index (χ4v) is 3.70. The Morgan fingerprint density at radius 1 is 1.06 bits per heavy atom. The largest absolute Gasteiger partial charge is 0.484 e.